The predicted molar refractivity (Wildman–Crippen MR) is 62.7 cm³/mol. The second-order valence-corrected chi connectivity index (χ2v) is 4.18. The molecule has 0 aromatic carbocycles. The van der Waals surface area contributed by atoms with Crippen molar-refractivity contribution in [3.05, 3.63) is 5.01 Å². The third-order valence-corrected chi connectivity index (χ3v) is 2.88. The van der Waals surface area contributed by atoms with Crippen molar-refractivity contribution in [2.24, 2.45) is 5.84 Å². The number of nitrogen functional groups attached to an aromatic ring is 1. The Labute approximate surface area is 98.0 Å². The average molecular weight is 244 g/mol. The first kappa shape index (κ1) is 12.8. The van der Waals surface area contributed by atoms with Crippen LogP contribution in [0.1, 0.15) is 11.9 Å². The molecule has 0 saturated carbocycles. The van der Waals surface area contributed by atoms with E-state index in [0.29, 0.717) is 18.2 Å². The maximum absolute atomic E-state index is 11.2. The molecule has 7 nitrogen and oxygen atoms in total. The van der Waals surface area contributed by atoms with Gasteiger partial charge < -0.3 is 5.32 Å². The van der Waals surface area contributed by atoms with Gasteiger partial charge in [0.15, 0.2) is 0 Å². The normalized spacial score (nSPS) is 10.5. The number of hydrazine groups is 1. The van der Waals surface area contributed by atoms with Crippen LogP contribution in [0.25, 0.3) is 0 Å². The van der Waals surface area contributed by atoms with Crippen LogP contribution in [-0.2, 0) is 11.3 Å². The second kappa shape index (κ2) is 6.36. The highest BCUT2D eigenvalue weighted by atomic mass is 32.1. The van der Waals surface area contributed by atoms with Gasteiger partial charge in [0.25, 0.3) is 0 Å². The van der Waals surface area contributed by atoms with E-state index in [9.17, 15) is 4.79 Å². The highest BCUT2D eigenvalue weighted by Crippen LogP contribution is 2.15. The zero-order chi connectivity index (χ0) is 12.0. The lowest BCUT2D eigenvalue weighted by molar-refractivity contribution is -0.121. The summed E-state index contributed by atoms with van der Waals surface area (Å²) in [5.41, 5.74) is 2.44. The molecule has 0 unspecified atom stereocenters. The third kappa shape index (κ3) is 3.72. The van der Waals surface area contributed by atoms with E-state index in [1.807, 2.05) is 11.8 Å². The van der Waals surface area contributed by atoms with Crippen molar-refractivity contribution in [3.63, 3.8) is 0 Å². The SMILES string of the molecule is CCN(CC(=O)NC)Cc1nnc(NN)s1. The molecule has 8 heteroatoms. The van der Waals surface area contributed by atoms with E-state index in [1.54, 1.807) is 7.05 Å². The standard InChI is InChI=1S/C8H16N6OS/c1-3-14(4-6(15)10-2)5-7-12-13-8(11-9)16-7/h3-5,9H2,1-2H3,(H,10,15)(H,11,13). The van der Waals surface area contributed by atoms with Crippen molar-refractivity contribution in [1.29, 1.82) is 0 Å². The van der Waals surface area contributed by atoms with E-state index in [1.165, 1.54) is 11.3 Å². The lowest BCUT2D eigenvalue weighted by Crippen LogP contribution is -2.35. The summed E-state index contributed by atoms with van der Waals surface area (Å²) in [5, 5.41) is 11.8. The van der Waals surface area contributed by atoms with E-state index in [2.05, 4.69) is 20.9 Å². The van der Waals surface area contributed by atoms with Gasteiger partial charge in [-0.05, 0) is 6.54 Å². The first-order valence-corrected chi connectivity index (χ1v) is 5.73. The molecule has 90 valence electrons. The van der Waals surface area contributed by atoms with Gasteiger partial charge in [-0.15, -0.1) is 10.2 Å². The summed E-state index contributed by atoms with van der Waals surface area (Å²) in [6, 6.07) is 0. The first-order valence-electron chi connectivity index (χ1n) is 4.91. The number of anilines is 1. The van der Waals surface area contributed by atoms with Gasteiger partial charge >= 0.3 is 0 Å². The third-order valence-electron chi connectivity index (χ3n) is 2.04. The molecule has 1 aromatic heterocycles. The van der Waals surface area contributed by atoms with E-state index < -0.39 is 0 Å². The summed E-state index contributed by atoms with van der Waals surface area (Å²) in [7, 11) is 1.62. The minimum atomic E-state index is -0.0106. The Hall–Kier alpha value is -1.25. The minimum absolute atomic E-state index is 0.0106. The van der Waals surface area contributed by atoms with Crippen molar-refractivity contribution < 1.29 is 4.79 Å². The monoisotopic (exact) mass is 244 g/mol. The number of nitrogens with one attached hydrogen (secondary N) is 2. The van der Waals surface area contributed by atoms with Crippen LogP contribution in [0, 0.1) is 0 Å². The van der Waals surface area contributed by atoms with Gasteiger partial charge in [-0.2, -0.15) is 0 Å². The van der Waals surface area contributed by atoms with Crippen molar-refractivity contribution in [2.45, 2.75) is 13.5 Å². The maximum Gasteiger partial charge on any atom is 0.233 e. The lowest BCUT2D eigenvalue weighted by Gasteiger charge is -2.17. The Morgan fingerprint density at radius 1 is 1.56 bits per heavy atom. The Balaban J connectivity index is 2.52. The van der Waals surface area contributed by atoms with Gasteiger partial charge in [-0.3, -0.25) is 15.1 Å². The van der Waals surface area contributed by atoms with Crippen molar-refractivity contribution in [2.75, 3.05) is 25.6 Å². The molecule has 4 N–H and O–H groups in total. The molecule has 0 bridgehead atoms. The van der Waals surface area contributed by atoms with Gasteiger partial charge in [0, 0.05) is 7.05 Å². The summed E-state index contributed by atoms with van der Waals surface area (Å²) in [4.78, 5) is 13.2. The number of carbonyl (C=O) groups is 1. The zero-order valence-corrected chi connectivity index (χ0v) is 10.2. The lowest BCUT2D eigenvalue weighted by atomic mass is 10.4. The summed E-state index contributed by atoms with van der Waals surface area (Å²) in [6.45, 7) is 3.73. The molecule has 16 heavy (non-hydrogen) atoms. The largest absolute Gasteiger partial charge is 0.358 e. The van der Waals surface area contributed by atoms with E-state index in [4.69, 9.17) is 5.84 Å². The number of carbonyl (C=O) groups excluding carboxylic acids is 1. The molecule has 1 amide bonds. The second-order valence-electron chi connectivity index (χ2n) is 3.12. The molecule has 0 atom stereocenters. The van der Waals surface area contributed by atoms with Crippen LogP contribution < -0.4 is 16.6 Å². The number of hydrogen-bond donors (Lipinski definition) is 3. The molecule has 0 fully saturated rings. The average Bonchev–Trinajstić information content (AvgIpc) is 2.75. The Morgan fingerprint density at radius 3 is 2.81 bits per heavy atom. The fraction of sp³-hybridized carbons (Fsp3) is 0.625. The van der Waals surface area contributed by atoms with Crippen LogP contribution >= 0.6 is 11.3 Å². The Morgan fingerprint density at radius 2 is 2.31 bits per heavy atom. The quantitative estimate of drug-likeness (QED) is 0.456. The van der Waals surface area contributed by atoms with Crippen LogP contribution in [0.15, 0.2) is 0 Å². The Kier molecular flexibility index (Phi) is 5.09. The van der Waals surface area contributed by atoms with Gasteiger partial charge in [0.2, 0.25) is 11.0 Å². The van der Waals surface area contributed by atoms with Gasteiger partial charge in [0.1, 0.15) is 5.01 Å². The number of aromatic nitrogens is 2. The van der Waals surface area contributed by atoms with Crippen LogP contribution in [-0.4, -0.2) is 41.1 Å². The predicted octanol–water partition coefficient (Wildman–Crippen LogP) is -0.608. The molecule has 0 aliphatic carbocycles. The number of nitrogens with zero attached hydrogens (tertiary/aromatic N) is 3. The highest BCUT2D eigenvalue weighted by Gasteiger charge is 2.11. The zero-order valence-electron chi connectivity index (χ0n) is 9.36. The smallest absolute Gasteiger partial charge is 0.233 e. The van der Waals surface area contributed by atoms with Crippen LogP contribution in [0.2, 0.25) is 0 Å². The molecular weight excluding hydrogens is 228 g/mol. The maximum atomic E-state index is 11.2. The fourth-order valence-corrected chi connectivity index (χ4v) is 1.82. The van der Waals surface area contributed by atoms with Crippen molar-refractivity contribution >= 4 is 22.4 Å². The van der Waals surface area contributed by atoms with Crippen LogP contribution in [0.3, 0.4) is 0 Å². The Bertz CT molecular complexity index is 341. The van der Waals surface area contributed by atoms with E-state index >= 15 is 0 Å². The molecule has 1 rings (SSSR count). The topological polar surface area (TPSA) is 96.2 Å². The van der Waals surface area contributed by atoms with E-state index in [0.717, 1.165) is 11.6 Å². The molecule has 0 aliphatic heterocycles. The first-order chi connectivity index (χ1) is 7.69. The summed E-state index contributed by atoms with van der Waals surface area (Å²) >= 11 is 1.38. The molecule has 0 aliphatic rings. The summed E-state index contributed by atoms with van der Waals surface area (Å²) in [5.74, 6) is 5.20. The van der Waals surface area contributed by atoms with Crippen molar-refractivity contribution in [1.82, 2.24) is 20.4 Å². The van der Waals surface area contributed by atoms with Crippen molar-refractivity contribution in [3.8, 4) is 0 Å². The van der Waals surface area contributed by atoms with Gasteiger partial charge in [-0.1, -0.05) is 18.3 Å². The van der Waals surface area contributed by atoms with Gasteiger partial charge in [0.05, 0.1) is 13.1 Å². The van der Waals surface area contributed by atoms with E-state index in [-0.39, 0.29) is 5.91 Å². The molecule has 1 heterocycles. The number of likely N-dealkylation sites (N-methyl/N-ethyl adjacent to an activating group) is 2. The number of hydrogen-bond acceptors (Lipinski definition) is 7. The summed E-state index contributed by atoms with van der Waals surface area (Å²) < 4.78 is 0. The highest BCUT2D eigenvalue weighted by molar-refractivity contribution is 7.15. The molecule has 0 saturated heterocycles. The number of nitrogens with two attached hydrogens (primary N) is 1. The fourth-order valence-electron chi connectivity index (χ4n) is 1.13. The summed E-state index contributed by atoms with van der Waals surface area (Å²) in [6.07, 6.45) is 0. The number of amides is 1. The van der Waals surface area contributed by atoms with Crippen LogP contribution in [0.4, 0.5) is 5.13 Å². The molecule has 0 radical (unpaired) electrons. The minimum Gasteiger partial charge on any atom is -0.358 e. The molecule has 1 aromatic rings. The molecular formula is C8H16N6OS. The van der Waals surface area contributed by atoms with Gasteiger partial charge in [-0.25, -0.2) is 5.84 Å². The van der Waals surface area contributed by atoms with Crippen LogP contribution in [0.5, 0.6) is 0 Å². The number of rotatable bonds is 6. The molecule has 0 spiro atoms.